The quantitative estimate of drug-likeness (QED) is 0.629. The fourth-order valence-electron chi connectivity index (χ4n) is 4.86. The van der Waals surface area contributed by atoms with E-state index in [1.807, 2.05) is 12.1 Å². The van der Waals surface area contributed by atoms with Crippen molar-refractivity contribution in [2.45, 2.75) is 45.7 Å². The van der Waals surface area contributed by atoms with Gasteiger partial charge in [0, 0.05) is 56.5 Å². The molecule has 0 bridgehead atoms. The highest BCUT2D eigenvalue weighted by Crippen LogP contribution is 2.36. The molecule has 2 aliphatic heterocycles. The smallest absolute Gasteiger partial charge is 0.164 e. The number of fused-ring (bicyclic) bond motifs is 1. The number of nitrogens with zero attached hydrogens (tertiary/aromatic N) is 2. The summed E-state index contributed by atoms with van der Waals surface area (Å²) in [5.74, 6) is 3.14. The molecule has 1 fully saturated rings. The molecule has 0 aliphatic carbocycles. The number of hydrogen-bond acceptors (Lipinski definition) is 7. The molecular formula is C26H36N2O5. The number of hydrogen-bond donors (Lipinski definition) is 0. The van der Waals surface area contributed by atoms with Gasteiger partial charge in [-0.2, -0.15) is 0 Å². The van der Waals surface area contributed by atoms with Gasteiger partial charge in [0.25, 0.3) is 0 Å². The second-order valence-electron chi connectivity index (χ2n) is 8.97. The van der Waals surface area contributed by atoms with Gasteiger partial charge in [0.1, 0.15) is 18.1 Å². The maximum atomic E-state index is 6.08. The molecule has 0 aromatic heterocycles. The van der Waals surface area contributed by atoms with Crippen LogP contribution in [0.15, 0.2) is 30.3 Å². The molecule has 2 aromatic rings. The second kappa shape index (κ2) is 10.6. The van der Waals surface area contributed by atoms with Crippen LogP contribution >= 0.6 is 0 Å². The van der Waals surface area contributed by atoms with E-state index in [-0.39, 0.29) is 12.2 Å². The SMILES string of the molecule is COc1cc(OC)c(OC)cc1CN1CCOc2ccc(CN3C[C@@H](C)O[C@@H](C)C3)cc2C1. The van der Waals surface area contributed by atoms with Crippen molar-refractivity contribution in [3.8, 4) is 23.0 Å². The van der Waals surface area contributed by atoms with Crippen LogP contribution < -0.4 is 18.9 Å². The second-order valence-corrected chi connectivity index (χ2v) is 8.97. The predicted octanol–water partition coefficient (Wildman–Crippen LogP) is 3.72. The number of ether oxygens (including phenoxy) is 5. The molecule has 0 amide bonds. The normalized spacial score (nSPS) is 21.6. The van der Waals surface area contributed by atoms with Crippen molar-refractivity contribution in [1.82, 2.24) is 9.80 Å². The van der Waals surface area contributed by atoms with Gasteiger partial charge in [0.05, 0.1) is 33.5 Å². The Kier molecular flexibility index (Phi) is 7.63. The van der Waals surface area contributed by atoms with E-state index in [4.69, 9.17) is 23.7 Å². The van der Waals surface area contributed by atoms with E-state index < -0.39 is 0 Å². The molecule has 0 saturated carbocycles. The van der Waals surface area contributed by atoms with Gasteiger partial charge in [-0.15, -0.1) is 0 Å². The summed E-state index contributed by atoms with van der Waals surface area (Å²) >= 11 is 0. The zero-order valence-electron chi connectivity index (χ0n) is 20.4. The lowest BCUT2D eigenvalue weighted by Crippen LogP contribution is -2.44. The standard InChI is InChI=1S/C26H36N2O5/c1-18-13-28(14-19(2)33-18)15-20-6-7-23-21(10-20)16-27(8-9-32-23)17-22-11-25(30-4)26(31-5)12-24(22)29-3/h6-7,10-12,18-19H,8-9,13-17H2,1-5H3/t18-,19+. The van der Waals surface area contributed by atoms with E-state index >= 15 is 0 Å². The van der Waals surface area contributed by atoms with Crippen molar-refractivity contribution in [2.24, 2.45) is 0 Å². The molecule has 2 heterocycles. The Morgan fingerprint density at radius 1 is 0.848 bits per heavy atom. The van der Waals surface area contributed by atoms with Crippen molar-refractivity contribution < 1.29 is 23.7 Å². The molecule has 4 rings (SSSR count). The molecule has 0 unspecified atom stereocenters. The first-order valence-electron chi connectivity index (χ1n) is 11.6. The Labute approximate surface area is 197 Å². The van der Waals surface area contributed by atoms with Gasteiger partial charge < -0.3 is 23.7 Å². The van der Waals surface area contributed by atoms with Crippen LogP contribution in [0.5, 0.6) is 23.0 Å². The molecule has 0 radical (unpaired) electrons. The molecule has 7 nitrogen and oxygen atoms in total. The van der Waals surface area contributed by atoms with Gasteiger partial charge in [-0.05, 0) is 37.6 Å². The third kappa shape index (κ3) is 5.72. The number of morpholine rings is 1. The van der Waals surface area contributed by atoms with Crippen LogP contribution in [0, 0.1) is 0 Å². The average Bonchev–Trinajstić information content (AvgIpc) is 2.99. The van der Waals surface area contributed by atoms with Gasteiger partial charge in [-0.1, -0.05) is 6.07 Å². The topological polar surface area (TPSA) is 52.6 Å². The molecule has 2 aromatic carbocycles. The minimum Gasteiger partial charge on any atom is -0.496 e. The molecule has 0 N–H and O–H groups in total. The fourth-order valence-corrected chi connectivity index (χ4v) is 4.86. The minimum atomic E-state index is 0.268. The Morgan fingerprint density at radius 3 is 2.24 bits per heavy atom. The third-order valence-electron chi connectivity index (χ3n) is 6.27. The van der Waals surface area contributed by atoms with Crippen LogP contribution in [0.1, 0.15) is 30.5 Å². The lowest BCUT2D eigenvalue weighted by Gasteiger charge is -2.35. The van der Waals surface area contributed by atoms with Crippen molar-refractivity contribution in [3.05, 3.63) is 47.0 Å². The summed E-state index contributed by atoms with van der Waals surface area (Å²) in [6.45, 7) is 10.2. The molecular weight excluding hydrogens is 420 g/mol. The van der Waals surface area contributed by atoms with E-state index in [0.29, 0.717) is 18.1 Å². The first-order chi connectivity index (χ1) is 16.0. The highest BCUT2D eigenvalue weighted by atomic mass is 16.5. The molecule has 7 heteroatoms. The van der Waals surface area contributed by atoms with Crippen molar-refractivity contribution in [2.75, 3.05) is 47.6 Å². The highest BCUT2D eigenvalue weighted by Gasteiger charge is 2.23. The molecule has 2 aliphatic rings. The Bertz CT molecular complexity index is 941. The van der Waals surface area contributed by atoms with Crippen LogP contribution in [-0.4, -0.2) is 69.6 Å². The van der Waals surface area contributed by atoms with Crippen LogP contribution in [-0.2, 0) is 24.4 Å². The molecule has 2 atom stereocenters. The van der Waals surface area contributed by atoms with Gasteiger partial charge in [0.15, 0.2) is 11.5 Å². The Balaban J connectivity index is 1.50. The van der Waals surface area contributed by atoms with Crippen LogP contribution in [0.25, 0.3) is 0 Å². The van der Waals surface area contributed by atoms with Crippen molar-refractivity contribution in [1.29, 1.82) is 0 Å². The van der Waals surface area contributed by atoms with Crippen LogP contribution in [0.3, 0.4) is 0 Å². The van der Waals surface area contributed by atoms with Crippen molar-refractivity contribution in [3.63, 3.8) is 0 Å². The monoisotopic (exact) mass is 456 g/mol. The Hall–Kier alpha value is -2.48. The zero-order chi connectivity index (χ0) is 23.4. The molecule has 1 saturated heterocycles. The predicted molar refractivity (Wildman–Crippen MR) is 127 cm³/mol. The minimum absolute atomic E-state index is 0.268. The van der Waals surface area contributed by atoms with Crippen LogP contribution in [0.4, 0.5) is 0 Å². The maximum Gasteiger partial charge on any atom is 0.164 e. The van der Waals surface area contributed by atoms with Gasteiger partial charge >= 0.3 is 0 Å². The van der Waals surface area contributed by atoms with Gasteiger partial charge in [-0.25, -0.2) is 0 Å². The lowest BCUT2D eigenvalue weighted by molar-refractivity contribution is -0.0704. The molecule has 33 heavy (non-hydrogen) atoms. The molecule has 0 spiro atoms. The summed E-state index contributed by atoms with van der Waals surface area (Å²) in [7, 11) is 4.97. The number of methoxy groups -OCH3 is 3. The van der Waals surface area contributed by atoms with E-state index in [2.05, 4.69) is 41.8 Å². The van der Waals surface area contributed by atoms with Crippen molar-refractivity contribution >= 4 is 0 Å². The first-order valence-corrected chi connectivity index (χ1v) is 11.6. The van der Waals surface area contributed by atoms with E-state index in [9.17, 15) is 0 Å². The van der Waals surface area contributed by atoms with E-state index in [0.717, 1.165) is 56.3 Å². The van der Waals surface area contributed by atoms with E-state index in [1.54, 1.807) is 21.3 Å². The number of rotatable bonds is 7. The number of benzene rings is 2. The zero-order valence-corrected chi connectivity index (χ0v) is 20.4. The summed E-state index contributed by atoms with van der Waals surface area (Å²) in [5.41, 5.74) is 3.59. The summed E-state index contributed by atoms with van der Waals surface area (Å²) in [6.07, 6.45) is 0.537. The lowest BCUT2D eigenvalue weighted by atomic mass is 10.1. The van der Waals surface area contributed by atoms with E-state index in [1.165, 1.54) is 11.1 Å². The van der Waals surface area contributed by atoms with Crippen LogP contribution in [0.2, 0.25) is 0 Å². The highest BCUT2D eigenvalue weighted by molar-refractivity contribution is 5.50. The van der Waals surface area contributed by atoms with Gasteiger partial charge in [0.2, 0.25) is 0 Å². The fraction of sp³-hybridized carbons (Fsp3) is 0.538. The third-order valence-corrected chi connectivity index (χ3v) is 6.27. The Morgan fingerprint density at radius 2 is 1.55 bits per heavy atom. The molecule has 180 valence electrons. The average molecular weight is 457 g/mol. The summed E-state index contributed by atoms with van der Waals surface area (Å²) in [4.78, 5) is 4.86. The summed E-state index contributed by atoms with van der Waals surface area (Å²) in [5, 5.41) is 0. The summed E-state index contributed by atoms with van der Waals surface area (Å²) in [6, 6.07) is 10.5. The van der Waals surface area contributed by atoms with Gasteiger partial charge in [-0.3, -0.25) is 9.80 Å². The summed E-state index contributed by atoms with van der Waals surface area (Å²) < 4.78 is 28.6. The maximum absolute atomic E-state index is 6.08. The largest absolute Gasteiger partial charge is 0.496 e. The first kappa shape index (κ1) is 23.7.